The number of carbonyl (C=O) groups excluding carboxylic acids is 1. The van der Waals surface area contributed by atoms with E-state index in [-0.39, 0.29) is 5.97 Å². The molecule has 0 radical (unpaired) electrons. The lowest BCUT2D eigenvalue weighted by molar-refractivity contribution is -0.149. The molecule has 0 saturated heterocycles. The summed E-state index contributed by atoms with van der Waals surface area (Å²) in [5, 5.41) is 0. The third-order valence-corrected chi connectivity index (χ3v) is 3.22. The van der Waals surface area contributed by atoms with Gasteiger partial charge < -0.3 is 4.74 Å². The Bertz CT molecular complexity index is 466. The molecule has 1 aliphatic carbocycles. The van der Waals surface area contributed by atoms with Crippen LogP contribution in [0.2, 0.25) is 0 Å². The zero-order valence-corrected chi connectivity index (χ0v) is 12.0. The second kappa shape index (κ2) is 5.60. The molecule has 0 fully saturated rings. The van der Waals surface area contributed by atoms with Crippen LogP contribution in [-0.4, -0.2) is 11.6 Å². The maximum absolute atomic E-state index is 12.0. The fourth-order valence-electron chi connectivity index (χ4n) is 2.38. The first kappa shape index (κ1) is 13.9. The Labute approximate surface area is 115 Å². The van der Waals surface area contributed by atoms with Crippen molar-refractivity contribution in [1.82, 2.24) is 0 Å². The maximum atomic E-state index is 12.0. The first-order valence-corrected chi connectivity index (χ1v) is 6.92. The van der Waals surface area contributed by atoms with Crippen LogP contribution in [0.1, 0.15) is 39.2 Å². The van der Waals surface area contributed by atoms with E-state index >= 15 is 0 Å². The van der Waals surface area contributed by atoms with Crippen molar-refractivity contribution in [2.24, 2.45) is 5.92 Å². The van der Waals surface area contributed by atoms with Crippen molar-refractivity contribution >= 4 is 5.97 Å². The molecule has 0 spiro atoms. The Balaban J connectivity index is 1.95. The van der Waals surface area contributed by atoms with E-state index in [1.807, 2.05) is 26.8 Å². The van der Waals surface area contributed by atoms with Crippen LogP contribution in [0.5, 0.6) is 0 Å². The summed E-state index contributed by atoms with van der Waals surface area (Å²) in [5.41, 5.74) is 1.76. The zero-order chi connectivity index (χ0) is 13.9. The van der Waals surface area contributed by atoms with Crippen LogP contribution in [0.4, 0.5) is 0 Å². The van der Waals surface area contributed by atoms with E-state index in [2.05, 4.69) is 30.3 Å². The minimum atomic E-state index is -0.407. The van der Waals surface area contributed by atoms with Gasteiger partial charge in [-0.25, -0.2) is 4.79 Å². The molecule has 0 aliphatic heterocycles. The lowest BCUT2D eigenvalue weighted by Crippen LogP contribution is -2.24. The topological polar surface area (TPSA) is 26.3 Å². The van der Waals surface area contributed by atoms with Gasteiger partial charge in [-0.05, 0) is 51.5 Å². The Morgan fingerprint density at radius 2 is 1.95 bits per heavy atom. The van der Waals surface area contributed by atoms with Crippen LogP contribution in [0.25, 0.3) is 0 Å². The van der Waals surface area contributed by atoms with Crippen molar-refractivity contribution in [2.45, 2.75) is 45.6 Å². The predicted molar refractivity (Wildman–Crippen MR) is 76.8 cm³/mol. The van der Waals surface area contributed by atoms with Crippen molar-refractivity contribution in [3.8, 4) is 0 Å². The second-order valence-electron chi connectivity index (χ2n) is 6.18. The Morgan fingerprint density at radius 1 is 1.26 bits per heavy atom. The van der Waals surface area contributed by atoms with E-state index in [1.54, 1.807) is 0 Å². The number of esters is 1. The molecule has 2 heteroatoms. The highest BCUT2D eigenvalue weighted by atomic mass is 16.6. The van der Waals surface area contributed by atoms with E-state index in [4.69, 9.17) is 4.74 Å². The molecule has 2 rings (SSSR count). The summed E-state index contributed by atoms with van der Waals surface area (Å²) in [6, 6.07) is 10.4. The van der Waals surface area contributed by atoms with Gasteiger partial charge in [0.2, 0.25) is 0 Å². The summed E-state index contributed by atoms with van der Waals surface area (Å²) in [4.78, 5) is 12.0. The van der Waals surface area contributed by atoms with E-state index < -0.39 is 5.60 Å². The third-order valence-electron chi connectivity index (χ3n) is 3.22. The van der Waals surface area contributed by atoms with Gasteiger partial charge in [0.15, 0.2) is 0 Å². The minimum absolute atomic E-state index is 0.150. The smallest absolute Gasteiger partial charge is 0.334 e. The maximum Gasteiger partial charge on any atom is 0.334 e. The summed E-state index contributed by atoms with van der Waals surface area (Å²) in [5.74, 6) is 0.313. The van der Waals surface area contributed by atoms with E-state index in [0.29, 0.717) is 5.92 Å². The van der Waals surface area contributed by atoms with Crippen LogP contribution in [0, 0.1) is 5.92 Å². The van der Waals surface area contributed by atoms with Crippen molar-refractivity contribution in [3.63, 3.8) is 0 Å². The second-order valence-corrected chi connectivity index (χ2v) is 6.18. The van der Waals surface area contributed by atoms with Crippen LogP contribution >= 0.6 is 0 Å². The number of carbonyl (C=O) groups is 1. The molecule has 19 heavy (non-hydrogen) atoms. The number of hydrogen-bond donors (Lipinski definition) is 0. The monoisotopic (exact) mass is 258 g/mol. The highest BCUT2D eigenvalue weighted by Gasteiger charge is 2.25. The van der Waals surface area contributed by atoms with Crippen molar-refractivity contribution in [3.05, 3.63) is 47.5 Å². The van der Waals surface area contributed by atoms with Gasteiger partial charge in [0.1, 0.15) is 5.60 Å². The molecular weight excluding hydrogens is 236 g/mol. The molecule has 1 aromatic carbocycles. The molecule has 2 nitrogen and oxygen atoms in total. The standard InChI is InChI=1S/C17H22O2/c1-17(2,3)19-16(18)15-10-9-14(12-15)11-13-7-5-4-6-8-13/h4-8,12,14H,9-11H2,1-3H3. The third kappa shape index (κ3) is 4.23. The summed E-state index contributed by atoms with van der Waals surface area (Å²) in [7, 11) is 0. The Hall–Kier alpha value is -1.57. The van der Waals surface area contributed by atoms with Crippen LogP contribution in [0.3, 0.4) is 0 Å². The largest absolute Gasteiger partial charge is 0.457 e. The fourth-order valence-corrected chi connectivity index (χ4v) is 2.38. The van der Waals surface area contributed by atoms with Gasteiger partial charge in [0.05, 0.1) is 0 Å². The molecule has 1 aromatic rings. The number of hydrogen-bond acceptors (Lipinski definition) is 2. The fraction of sp³-hybridized carbons (Fsp3) is 0.471. The average molecular weight is 258 g/mol. The van der Waals surface area contributed by atoms with E-state index in [1.165, 1.54) is 5.56 Å². The van der Waals surface area contributed by atoms with Crippen molar-refractivity contribution < 1.29 is 9.53 Å². The number of rotatable bonds is 3. The van der Waals surface area contributed by atoms with E-state index in [9.17, 15) is 4.79 Å². The average Bonchev–Trinajstić information content (AvgIpc) is 2.77. The Kier molecular flexibility index (Phi) is 4.08. The predicted octanol–water partition coefficient (Wildman–Crippen LogP) is 3.91. The highest BCUT2D eigenvalue weighted by molar-refractivity contribution is 5.89. The molecule has 102 valence electrons. The van der Waals surface area contributed by atoms with Gasteiger partial charge in [-0.2, -0.15) is 0 Å². The van der Waals surface area contributed by atoms with Gasteiger partial charge in [0.25, 0.3) is 0 Å². The highest BCUT2D eigenvalue weighted by Crippen LogP contribution is 2.28. The van der Waals surface area contributed by atoms with Gasteiger partial charge in [-0.15, -0.1) is 0 Å². The van der Waals surface area contributed by atoms with Gasteiger partial charge in [-0.3, -0.25) is 0 Å². The van der Waals surface area contributed by atoms with Gasteiger partial charge in [0, 0.05) is 5.57 Å². The quantitative estimate of drug-likeness (QED) is 0.768. The number of benzene rings is 1. The molecule has 0 heterocycles. The lowest BCUT2D eigenvalue weighted by atomic mass is 9.99. The first-order chi connectivity index (χ1) is 8.94. The zero-order valence-electron chi connectivity index (χ0n) is 12.0. The van der Waals surface area contributed by atoms with Crippen molar-refractivity contribution in [1.29, 1.82) is 0 Å². The molecule has 1 aliphatic rings. The SMILES string of the molecule is CC(C)(C)OC(=O)C1=CC(Cc2ccccc2)CC1. The van der Waals surface area contributed by atoms with Crippen molar-refractivity contribution in [2.75, 3.05) is 0 Å². The molecule has 0 aromatic heterocycles. The summed E-state index contributed by atoms with van der Waals surface area (Å²) >= 11 is 0. The number of allylic oxidation sites excluding steroid dienone is 1. The van der Waals surface area contributed by atoms with Gasteiger partial charge >= 0.3 is 5.97 Å². The summed E-state index contributed by atoms with van der Waals surface area (Å²) < 4.78 is 5.41. The molecular formula is C17H22O2. The van der Waals surface area contributed by atoms with Crippen LogP contribution in [0.15, 0.2) is 42.0 Å². The summed E-state index contributed by atoms with van der Waals surface area (Å²) in [6.07, 6.45) is 4.99. The lowest BCUT2D eigenvalue weighted by Gasteiger charge is -2.19. The molecule has 1 unspecified atom stereocenters. The number of ether oxygens (including phenoxy) is 1. The molecule has 0 N–H and O–H groups in total. The normalized spacial score (nSPS) is 19.1. The first-order valence-electron chi connectivity index (χ1n) is 6.92. The minimum Gasteiger partial charge on any atom is -0.457 e. The molecule has 0 amide bonds. The van der Waals surface area contributed by atoms with Crippen LogP contribution in [-0.2, 0) is 16.0 Å². The summed E-state index contributed by atoms with van der Waals surface area (Å²) in [6.45, 7) is 5.71. The van der Waals surface area contributed by atoms with Crippen LogP contribution < -0.4 is 0 Å². The van der Waals surface area contributed by atoms with E-state index in [0.717, 1.165) is 24.8 Å². The molecule has 0 saturated carbocycles. The Morgan fingerprint density at radius 3 is 2.58 bits per heavy atom. The molecule has 1 atom stereocenters. The molecule has 0 bridgehead atoms. The van der Waals surface area contributed by atoms with Gasteiger partial charge in [-0.1, -0.05) is 36.4 Å².